The summed E-state index contributed by atoms with van der Waals surface area (Å²) in [6.07, 6.45) is -0.508. The highest BCUT2D eigenvalue weighted by molar-refractivity contribution is 8.13. The van der Waals surface area contributed by atoms with Gasteiger partial charge in [-0.3, -0.25) is 19.2 Å². The summed E-state index contributed by atoms with van der Waals surface area (Å²) >= 11 is 0.637. The molecule has 7 N–H and O–H groups in total. The summed E-state index contributed by atoms with van der Waals surface area (Å²) in [5.41, 5.74) is 10.7. The molecule has 0 spiro atoms. The van der Waals surface area contributed by atoms with Crippen LogP contribution in [-0.2, 0) is 19.2 Å². The second-order valence-electron chi connectivity index (χ2n) is 3.55. The van der Waals surface area contributed by atoms with E-state index in [1.54, 1.807) is 0 Å². The molecule has 0 aliphatic rings. The minimum atomic E-state index is -1.22. The first-order valence-corrected chi connectivity index (χ1v) is 6.11. The van der Waals surface area contributed by atoms with Crippen molar-refractivity contribution >= 4 is 34.7 Å². The molecule has 0 radical (unpaired) electrons. The molecule has 0 bridgehead atoms. The summed E-state index contributed by atoms with van der Waals surface area (Å²) < 4.78 is 0. The van der Waals surface area contributed by atoms with Crippen molar-refractivity contribution in [3.05, 3.63) is 0 Å². The van der Waals surface area contributed by atoms with Crippen LogP contribution in [0.15, 0.2) is 0 Å². The highest BCUT2D eigenvalue weighted by Gasteiger charge is 2.21. The quantitative estimate of drug-likeness (QED) is 0.326. The van der Waals surface area contributed by atoms with Crippen molar-refractivity contribution in [2.75, 3.05) is 12.3 Å². The van der Waals surface area contributed by atoms with E-state index in [2.05, 4.69) is 5.32 Å². The van der Waals surface area contributed by atoms with E-state index in [1.165, 1.54) is 0 Å². The van der Waals surface area contributed by atoms with E-state index in [0.29, 0.717) is 11.8 Å². The molecule has 0 saturated heterocycles. The van der Waals surface area contributed by atoms with E-state index in [-0.39, 0.29) is 5.75 Å². The molecule has 0 rings (SSSR count). The van der Waals surface area contributed by atoms with Crippen molar-refractivity contribution in [2.45, 2.75) is 18.5 Å². The van der Waals surface area contributed by atoms with Gasteiger partial charge in [0, 0.05) is 5.75 Å². The molecule has 19 heavy (non-hydrogen) atoms. The average Bonchev–Trinajstić information content (AvgIpc) is 2.31. The van der Waals surface area contributed by atoms with E-state index in [0.717, 1.165) is 0 Å². The van der Waals surface area contributed by atoms with Crippen molar-refractivity contribution in [2.24, 2.45) is 11.5 Å². The molecule has 0 heterocycles. The number of carboxylic acid groups (broad SMARTS) is 2. The van der Waals surface area contributed by atoms with Crippen molar-refractivity contribution in [3.63, 3.8) is 0 Å². The normalized spacial score (nSPS) is 13.4. The summed E-state index contributed by atoms with van der Waals surface area (Å²) in [7, 11) is 0. The predicted octanol–water partition coefficient (Wildman–Crippen LogP) is -2.42. The van der Waals surface area contributed by atoms with Crippen LogP contribution < -0.4 is 16.8 Å². The zero-order valence-electron chi connectivity index (χ0n) is 9.87. The number of carboxylic acids is 2. The Morgan fingerprint density at radius 1 is 1.05 bits per heavy atom. The van der Waals surface area contributed by atoms with Crippen LogP contribution in [-0.4, -0.2) is 57.6 Å². The highest BCUT2D eigenvalue weighted by atomic mass is 32.2. The third-order valence-electron chi connectivity index (χ3n) is 1.85. The third-order valence-corrected chi connectivity index (χ3v) is 2.97. The highest BCUT2D eigenvalue weighted by Crippen LogP contribution is 2.08. The van der Waals surface area contributed by atoms with E-state index >= 15 is 0 Å². The van der Waals surface area contributed by atoms with Gasteiger partial charge in [0.05, 0.1) is 18.5 Å². The Kier molecular flexibility index (Phi) is 7.72. The molecule has 0 aliphatic carbocycles. The zero-order chi connectivity index (χ0) is 15.0. The van der Waals surface area contributed by atoms with Gasteiger partial charge in [-0.1, -0.05) is 11.8 Å². The number of carbonyl (C=O) groups excluding carboxylic acids is 2. The van der Waals surface area contributed by atoms with Crippen LogP contribution in [0.25, 0.3) is 0 Å². The van der Waals surface area contributed by atoms with Gasteiger partial charge in [0.15, 0.2) is 0 Å². The zero-order valence-corrected chi connectivity index (χ0v) is 10.7. The lowest BCUT2D eigenvalue weighted by molar-refractivity contribution is -0.138. The number of rotatable bonds is 8. The molecule has 10 heteroatoms. The molecule has 1 amide bonds. The number of nitrogens with one attached hydrogen (secondary N) is 1. The summed E-state index contributed by atoms with van der Waals surface area (Å²) in [6.45, 7) is -0.566. The summed E-state index contributed by atoms with van der Waals surface area (Å²) in [5, 5.41) is 18.2. The Bertz CT molecular complexity index is 375. The lowest BCUT2D eigenvalue weighted by atomic mass is 10.2. The molecule has 0 aliphatic heterocycles. The lowest BCUT2D eigenvalue weighted by Gasteiger charge is -2.12. The molecule has 2 atom stereocenters. The minimum absolute atomic E-state index is 0.113. The average molecular weight is 293 g/mol. The second-order valence-corrected chi connectivity index (χ2v) is 4.58. The fraction of sp³-hybridized carbons (Fsp3) is 0.556. The van der Waals surface area contributed by atoms with Crippen LogP contribution in [0.5, 0.6) is 0 Å². The van der Waals surface area contributed by atoms with Gasteiger partial charge in [-0.15, -0.1) is 0 Å². The molecule has 0 aromatic rings. The van der Waals surface area contributed by atoms with E-state index in [1.807, 2.05) is 0 Å². The van der Waals surface area contributed by atoms with Gasteiger partial charge in [-0.25, -0.2) is 0 Å². The van der Waals surface area contributed by atoms with Crippen molar-refractivity contribution in [1.82, 2.24) is 5.32 Å². The van der Waals surface area contributed by atoms with Gasteiger partial charge >= 0.3 is 11.9 Å². The molecular weight excluding hydrogens is 278 g/mol. The van der Waals surface area contributed by atoms with Crippen molar-refractivity contribution in [3.8, 4) is 0 Å². The number of aliphatic carboxylic acids is 2. The van der Waals surface area contributed by atoms with Crippen LogP contribution >= 0.6 is 11.8 Å². The van der Waals surface area contributed by atoms with Gasteiger partial charge in [-0.05, 0) is 0 Å². The molecule has 108 valence electrons. The Morgan fingerprint density at radius 2 is 1.63 bits per heavy atom. The summed E-state index contributed by atoms with van der Waals surface area (Å²) in [4.78, 5) is 43.1. The van der Waals surface area contributed by atoms with Gasteiger partial charge in [0.2, 0.25) is 11.0 Å². The third kappa shape index (κ3) is 8.13. The van der Waals surface area contributed by atoms with E-state index < -0.39 is 48.0 Å². The monoisotopic (exact) mass is 293 g/mol. The first-order valence-electron chi connectivity index (χ1n) is 5.13. The van der Waals surface area contributed by atoms with E-state index in [4.69, 9.17) is 21.7 Å². The van der Waals surface area contributed by atoms with Crippen LogP contribution in [0, 0.1) is 0 Å². The number of hydrogen-bond acceptors (Lipinski definition) is 7. The lowest BCUT2D eigenvalue weighted by Crippen LogP contribution is -2.44. The number of carbonyl (C=O) groups is 4. The molecule has 0 unspecified atom stereocenters. The number of thioether (sulfide) groups is 1. The predicted molar refractivity (Wildman–Crippen MR) is 66.3 cm³/mol. The maximum atomic E-state index is 11.4. The van der Waals surface area contributed by atoms with Gasteiger partial charge < -0.3 is 27.0 Å². The van der Waals surface area contributed by atoms with Crippen LogP contribution in [0.4, 0.5) is 0 Å². The van der Waals surface area contributed by atoms with Crippen LogP contribution in [0.3, 0.4) is 0 Å². The first-order chi connectivity index (χ1) is 8.73. The molecule has 0 fully saturated rings. The molecule has 0 saturated carbocycles. The number of hydrogen-bond donors (Lipinski definition) is 5. The molecule has 0 aromatic heterocycles. The molecule has 9 nitrogen and oxygen atoms in total. The smallest absolute Gasteiger partial charge is 0.322 e. The topological polar surface area (TPSA) is 173 Å². The number of amides is 1. The molecule has 0 aromatic carbocycles. The fourth-order valence-electron chi connectivity index (χ4n) is 0.920. The van der Waals surface area contributed by atoms with Crippen LogP contribution in [0.1, 0.15) is 6.42 Å². The Labute approximate surface area is 112 Å². The SMILES string of the molecule is N[C@@H](CSC(=O)[C@@H](N)CC(=O)O)C(=O)NCC(=O)O. The summed E-state index contributed by atoms with van der Waals surface area (Å²) in [6, 6.07) is -2.25. The van der Waals surface area contributed by atoms with Gasteiger partial charge in [0.25, 0.3) is 0 Å². The van der Waals surface area contributed by atoms with Crippen molar-refractivity contribution < 1.29 is 29.4 Å². The second kappa shape index (κ2) is 8.45. The Balaban J connectivity index is 4.04. The standard InChI is InChI=1S/C9H15N3O6S/c10-4(1-6(13)14)9(18)19-3-5(11)8(17)12-2-7(15)16/h4-5H,1-3,10-11H2,(H,12,17)(H,13,14)(H,15,16)/t4-,5-/m0/s1. The maximum Gasteiger partial charge on any atom is 0.322 e. The number of nitrogens with two attached hydrogens (primary N) is 2. The minimum Gasteiger partial charge on any atom is -0.481 e. The Hall–Kier alpha value is -1.65. The largest absolute Gasteiger partial charge is 0.481 e. The van der Waals surface area contributed by atoms with E-state index in [9.17, 15) is 19.2 Å². The maximum absolute atomic E-state index is 11.4. The van der Waals surface area contributed by atoms with Gasteiger partial charge in [-0.2, -0.15) is 0 Å². The van der Waals surface area contributed by atoms with Gasteiger partial charge in [0.1, 0.15) is 6.54 Å². The van der Waals surface area contributed by atoms with Crippen molar-refractivity contribution in [1.29, 1.82) is 0 Å². The fourth-order valence-corrected chi connectivity index (χ4v) is 1.71. The Morgan fingerprint density at radius 3 is 2.11 bits per heavy atom. The summed E-state index contributed by atoms with van der Waals surface area (Å²) in [5.74, 6) is -3.25. The van der Waals surface area contributed by atoms with Crippen LogP contribution in [0.2, 0.25) is 0 Å². The first kappa shape index (κ1) is 17.4. The molecular formula is C9H15N3O6S.